The molecule has 152 valence electrons. The molecule has 0 aliphatic rings. The normalized spacial score (nSPS) is 13.5. The molecule has 0 saturated heterocycles. The molecule has 1 heterocycles. The highest BCUT2D eigenvalue weighted by Gasteiger charge is 2.27. The SMILES string of the molecule is CCNC(=NCc1ccc(NC(=O)OC)cc1)NCC(C)(O)c1ccc(C)o1. The first-order valence-electron chi connectivity index (χ1n) is 9.09. The van der Waals surface area contributed by atoms with Gasteiger partial charge in [0, 0.05) is 12.2 Å². The fraction of sp³-hybridized carbons (Fsp3) is 0.400. The third-order valence-electron chi connectivity index (χ3n) is 4.02. The highest BCUT2D eigenvalue weighted by molar-refractivity contribution is 5.84. The van der Waals surface area contributed by atoms with Crippen LogP contribution >= 0.6 is 0 Å². The first kappa shape index (κ1) is 21.3. The number of nitrogens with zero attached hydrogens (tertiary/aromatic N) is 1. The summed E-state index contributed by atoms with van der Waals surface area (Å²) in [6.07, 6.45) is -0.511. The average Bonchev–Trinajstić information content (AvgIpc) is 3.12. The van der Waals surface area contributed by atoms with E-state index in [0.29, 0.717) is 30.5 Å². The van der Waals surface area contributed by atoms with E-state index in [1.165, 1.54) is 7.11 Å². The van der Waals surface area contributed by atoms with Crippen molar-refractivity contribution in [3.05, 3.63) is 53.5 Å². The van der Waals surface area contributed by atoms with E-state index in [4.69, 9.17) is 4.42 Å². The molecule has 0 spiro atoms. The molecular formula is C20H28N4O4. The number of nitrogens with one attached hydrogen (secondary N) is 3. The molecule has 0 bridgehead atoms. The first-order valence-corrected chi connectivity index (χ1v) is 9.09. The van der Waals surface area contributed by atoms with Gasteiger partial charge < -0.3 is 24.9 Å². The van der Waals surface area contributed by atoms with Gasteiger partial charge in [-0.15, -0.1) is 0 Å². The van der Waals surface area contributed by atoms with E-state index < -0.39 is 11.7 Å². The Morgan fingerprint density at radius 3 is 2.50 bits per heavy atom. The Labute approximate surface area is 165 Å². The number of hydrogen-bond donors (Lipinski definition) is 4. The number of aliphatic imine (C=N–C) groups is 1. The van der Waals surface area contributed by atoms with E-state index in [2.05, 4.69) is 25.7 Å². The van der Waals surface area contributed by atoms with Crippen LogP contribution in [-0.4, -0.2) is 37.4 Å². The lowest BCUT2D eigenvalue weighted by atomic mass is 10.0. The molecule has 0 aliphatic carbocycles. The maximum atomic E-state index is 11.2. The minimum absolute atomic E-state index is 0.244. The zero-order valence-corrected chi connectivity index (χ0v) is 16.7. The number of carbonyl (C=O) groups is 1. The Hall–Kier alpha value is -3.00. The van der Waals surface area contributed by atoms with Gasteiger partial charge in [0.2, 0.25) is 0 Å². The van der Waals surface area contributed by atoms with Crippen LogP contribution in [0.5, 0.6) is 0 Å². The number of guanidine groups is 1. The van der Waals surface area contributed by atoms with Crippen LogP contribution in [0.4, 0.5) is 10.5 Å². The summed E-state index contributed by atoms with van der Waals surface area (Å²) >= 11 is 0. The molecule has 8 nitrogen and oxygen atoms in total. The highest BCUT2D eigenvalue weighted by atomic mass is 16.5. The summed E-state index contributed by atoms with van der Waals surface area (Å²) in [5, 5.41) is 19.5. The van der Waals surface area contributed by atoms with Crippen LogP contribution in [0.2, 0.25) is 0 Å². The predicted octanol–water partition coefficient (Wildman–Crippen LogP) is 2.73. The van der Waals surface area contributed by atoms with Gasteiger partial charge in [-0.3, -0.25) is 5.32 Å². The predicted molar refractivity (Wildman–Crippen MR) is 108 cm³/mol. The topological polar surface area (TPSA) is 108 Å². The van der Waals surface area contributed by atoms with Crippen molar-refractivity contribution in [3.63, 3.8) is 0 Å². The standard InChI is InChI=1S/C20H28N4O4/c1-5-21-18(23-13-20(3,26)17-11-6-14(2)28-17)22-12-15-7-9-16(10-8-15)24-19(25)27-4/h6-11,26H,5,12-13H2,1-4H3,(H,24,25)(H2,21,22,23). The lowest BCUT2D eigenvalue weighted by Crippen LogP contribution is -2.44. The van der Waals surface area contributed by atoms with E-state index in [1.807, 2.05) is 32.0 Å². The number of rotatable bonds is 7. The smallest absolute Gasteiger partial charge is 0.411 e. The zero-order chi connectivity index (χ0) is 20.6. The summed E-state index contributed by atoms with van der Waals surface area (Å²) in [6, 6.07) is 10.9. The second kappa shape index (κ2) is 9.80. The first-order chi connectivity index (χ1) is 13.3. The van der Waals surface area contributed by atoms with Crippen molar-refractivity contribution in [2.24, 2.45) is 4.99 Å². The maximum absolute atomic E-state index is 11.2. The van der Waals surface area contributed by atoms with Crippen molar-refractivity contribution in [2.75, 3.05) is 25.5 Å². The Morgan fingerprint density at radius 1 is 1.21 bits per heavy atom. The van der Waals surface area contributed by atoms with Crippen molar-refractivity contribution in [2.45, 2.75) is 32.9 Å². The fourth-order valence-electron chi connectivity index (χ4n) is 2.44. The van der Waals surface area contributed by atoms with Gasteiger partial charge in [0.15, 0.2) is 5.96 Å². The molecular weight excluding hydrogens is 360 g/mol. The minimum atomic E-state index is -1.16. The number of methoxy groups -OCH3 is 1. The molecule has 1 aromatic carbocycles. The lowest BCUT2D eigenvalue weighted by Gasteiger charge is -2.22. The third-order valence-corrected chi connectivity index (χ3v) is 4.02. The lowest BCUT2D eigenvalue weighted by molar-refractivity contribution is 0.0378. The molecule has 2 aromatic rings. The van der Waals surface area contributed by atoms with Crippen LogP contribution < -0.4 is 16.0 Å². The van der Waals surface area contributed by atoms with Gasteiger partial charge in [-0.1, -0.05) is 12.1 Å². The Kier molecular flexibility index (Phi) is 7.45. The summed E-state index contributed by atoms with van der Waals surface area (Å²) < 4.78 is 10.1. The molecule has 1 amide bonds. The van der Waals surface area contributed by atoms with Gasteiger partial charge in [0.25, 0.3) is 0 Å². The second-order valence-electron chi connectivity index (χ2n) is 6.55. The van der Waals surface area contributed by atoms with Gasteiger partial charge in [-0.05, 0) is 50.6 Å². The van der Waals surface area contributed by atoms with E-state index >= 15 is 0 Å². The average molecular weight is 388 g/mol. The van der Waals surface area contributed by atoms with Crippen LogP contribution in [0.25, 0.3) is 0 Å². The number of carbonyl (C=O) groups excluding carboxylic acids is 1. The van der Waals surface area contributed by atoms with Gasteiger partial charge in [-0.25, -0.2) is 9.79 Å². The van der Waals surface area contributed by atoms with Crippen LogP contribution in [0.3, 0.4) is 0 Å². The van der Waals surface area contributed by atoms with E-state index in [1.54, 1.807) is 25.1 Å². The molecule has 1 atom stereocenters. The van der Waals surface area contributed by atoms with Crippen molar-refractivity contribution < 1.29 is 19.1 Å². The second-order valence-corrected chi connectivity index (χ2v) is 6.55. The van der Waals surface area contributed by atoms with E-state index in [-0.39, 0.29) is 6.54 Å². The highest BCUT2D eigenvalue weighted by Crippen LogP contribution is 2.21. The number of furan rings is 1. The fourth-order valence-corrected chi connectivity index (χ4v) is 2.44. The molecule has 2 rings (SSSR count). The molecule has 1 unspecified atom stereocenters. The largest absolute Gasteiger partial charge is 0.463 e. The monoisotopic (exact) mass is 388 g/mol. The molecule has 1 aromatic heterocycles. The molecule has 4 N–H and O–H groups in total. The molecule has 8 heteroatoms. The molecule has 0 fully saturated rings. The van der Waals surface area contributed by atoms with Crippen LogP contribution in [0.1, 0.15) is 30.9 Å². The minimum Gasteiger partial charge on any atom is -0.463 e. The molecule has 0 radical (unpaired) electrons. The van der Waals surface area contributed by atoms with Gasteiger partial charge in [0.05, 0.1) is 20.2 Å². The Bertz CT molecular complexity index is 797. The van der Waals surface area contributed by atoms with Gasteiger partial charge >= 0.3 is 6.09 Å². The van der Waals surface area contributed by atoms with Crippen molar-refractivity contribution in [3.8, 4) is 0 Å². The number of benzene rings is 1. The van der Waals surface area contributed by atoms with Crippen LogP contribution in [0.15, 0.2) is 45.8 Å². The summed E-state index contributed by atoms with van der Waals surface area (Å²) in [5.41, 5.74) is 0.460. The van der Waals surface area contributed by atoms with Gasteiger partial charge in [-0.2, -0.15) is 0 Å². The van der Waals surface area contributed by atoms with Crippen LogP contribution in [0, 0.1) is 6.92 Å². The molecule has 28 heavy (non-hydrogen) atoms. The van der Waals surface area contributed by atoms with Crippen molar-refractivity contribution >= 4 is 17.7 Å². The van der Waals surface area contributed by atoms with E-state index in [9.17, 15) is 9.90 Å². The summed E-state index contributed by atoms with van der Waals surface area (Å²) in [6.45, 7) is 6.87. The van der Waals surface area contributed by atoms with Crippen molar-refractivity contribution in [1.82, 2.24) is 10.6 Å². The number of amides is 1. The quantitative estimate of drug-likeness (QED) is 0.429. The van der Waals surface area contributed by atoms with Crippen LogP contribution in [-0.2, 0) is 16.9 Å². The van der Waals surface area contributed by atoms with Gasteiger partial charge in [0.1, 0.15) is 17.1 Å². The van der Waals surface area contributed by atoms with E-state index in [0.717, 1.165) is 11.3 Å². The number of anilines is 1. The third kappa shape index (κ3) is 6.31. The number of hydrogen-bond acceptors (Lipinski definition) is 5. The summed E-state index contributed by atoms with van der Waals surface area (Å²) in [7, 11) is 1.32. The summed E-state index contributed by atoms with van der Waals surface area (Å²) in [5.74, 6) is 1.84. The molecule has 0 aliphatic heterocycles. The zero-order valence-electron chi connectivity index (χ0n) is 16.7. The van der Waals surface area contributed by atoms with Crippen molar-refractivity contribution in [1.29, 1.82) is 0 Å². The summed E-state index contributed by atoms with van der Waals surface area (Å²) in [4.78, 5) is 15.7. The maximum Gasteiger partial charge on any atom is 0.411 e. The molecule has 0 saturated carbocycles. The number of ether oxygens (including phenoxy) is 1. The number of aryl methyl sites for hydroxylation is 1. The Morgan fingerprint density at radius 2 is 1.93 bits per heavy atom. The Balaban J connectivity index is 1.97. The number of aliphatic hydroxyl groups is 1.